The van der Waals surface area contributed by atoms with Gasteiger partial charge in [-0.3, -0.25) is 0 Å². The number of pyridine rings is 1. The number of nitrogens with zero attached hydrogens (tertiary/aromatic N) is 2. The van der Waals surface area contributed by atoms with E-state index in [0.717, 1.165) is 11.4 Å². The number of rotatable bonds is 3. The molecule has 0 spiro atoms. The van der Waals surface area contributed by atoms with Crippen LogP contribution in [0.25, 0.3) is 0 Å². The second kappa shape index (κ2) is 6.19. The molecule has 3 heteroatoms. The van der Waals surface area contributed by atoms with Crippen molar-refractivity contribution in [2.45, 2.75) is 57.5 Å². The molecule has 18 heavy (non-hydrogen) atoms. The van der Waals surface area contributed by atoms with Gasteiger partial charge < -0.3 is 10.6 Å². The highest BCUT2D eigenvalue weighted by Crippen LogP contribution is 2.24. The number of hydrogen-bond donors (Lipinski definition) is 1. The molecule has 1 aromatic heterocycles. The molecule has 1 aliphatic rings. The van der Waals surface area contributed by atoms with Crippen LogP contribution in [-0.2, 0) is 0 Å². The van der Waals surface area contributed by atoms with Gasteiger partial charge in [-0.25, -0.2) is 4.98 Å². The lowest BCUT2D eigenvalue weighted by atomic mass is 10.1. The van der Waals surface area contributed by atoms with Crippen LogP contribution in [0.15, 0.2) is 18.3 Å². The van der Waals surface area contributed by atoms with Crippen molar-refractivity contribution in [1.29, 1.82) is 0 Å². The Bertz CT molecular complexity index is 351. The molecule has 1 saturated carbocycles. The molecule has 1 atom stereocenters. The van der Waals surface area contributed by atoms with Gasteiger partial charge in [0.15, 0.2) is 0 Å². The molecule has 0 radical (unpaired) electrons. The van der Waals surface area contributed by atoms with Gasteiger partial charge in [-0.2, -0.15) is 0 Å². The van der Waals surface area contributed by atoms with Crippen LogP contribution in [0.1, 0.15) is 57.1 Å². The Kier molecular flexibility index (Phi) is 4.59. The normalized spacial score (nSPS) is 19.3. The third-order valence-electron chi connectivity index (χ3n) is 4.03. The standard InChI is InChI=1S/C15H25N3/c1-12(16)13-9-10-15(17-11-13)18(2)14-7-5-3-4-6-8-14/h9-12,14H,3-8,16H2,1-2H3. The second-order valence-corrected chi connectivity index (χ2v) is 5.49. The number of hydrogen-bond acceptors (Lipinski definition) is 3. The number of nitrogens with two attached hydrogens (primary N) is 1. The van der Waals surface area contributed by atoms with E-state index in [1.807, 2.05) is 13.1 Å². The summed E-state index contributed by atoms with van der Waals surface area (Å²) in [6, 6.07) is 4.92. The van der Waals surface area contributed by atoms with E-state index in [2.05, 4.69) is 29.1 Å². The largest absolute Gasteiger partial charge is 0.357 e. The lowest BCUT2D eigenvalue weighted by Gasteiger charge is -2.28. The van der Waals surface area contributed by atoms with Crippen LogP contribution in [0.5, 0.6) is 0 Å². The lowest BCUT2D eigenvalue weighted by Crippen LogP contribution is -2.31. The van der Waals surface area contributed by atoms with Gasteiger partial charge in [-0.1, -0.05) is 31.7 Å². The van der Waals surface area contributed by atoms with Crippen LogP contribution in [0.2, 0.25) is 0 Å². The highest BCUT2D eigenvalue weighted by Gasteiger charge is 2.18. The van der Waals surface area contributed by atoms with E-state index in [1.165, 1.54) is 38.5 Å². The van der Waals surface area contributed by atoms with Gasteiger partial charge in [0.2, 0.25) is 0 Å². The first-order valence-electron chi connectivity index (χ1n) is 7.13. The fraction of sp³-hybridized carbons (Fsp3) is 0.667. The van der Waals surface area contributed by atoms with Crippen LogP contribution in [-0.4, -0.2) is 18.1 Å². The third-order valence-corrected chi connectivity index (χ3v) is 4.03. The van der Waals surface area contributed by atoms with Crippen molar-refractivity contribution >= 4 is 5.82 Å². The van der Waals surface area contributed by atoms with Crippen LogP contribution in [0.3, 0.4) is 0 Å². The minimum atomic E-state index is 0.0646. The zero-order chi connectivity index (χ0) is 13.0. The summed E-state index contributed by atoms with van der Waals surface area (Å²) in [5.41, 5.74) is 6.95. The van der Waals surface area contributed by atoms with Gasteiger partial charge >= 0.3 is 0 Å². The highest BCUT2D eigenvalue weighted by atomic mass is 15.2. The molecule has 1 heterocycles. The first-order valence-corrected chi connectivity index (χ1v) is 7.13. The molecule has 1 unspecified atom stereocenters. The summed E-state index contributed by atoms with van der Waals surface area (Å²) < 4.78 is 0. The third kappa shape index (κ3) is 3.22. The molecule has 100 valence electrons. The van der Waals surface area contributed by atoms with Crippen LogP contribution in [0, 0.1) is 0 Å². The fourth-order valence-corrected chi connectivity index (χ4v) is 2.71. The quantitative estimate of drug-likeness (QED) is 0.834. The van der Waals surface area contributed by atoms with E-state index in [1.54, 1.807) is 0 Å². The molecule has 0 amide bonds. The summed E-state index contributed by atoms with van der Waals surface area (Å²) in [5, 5.41) is 0. The van der Waals surface area contributed by atoms with E-state index >= 15 is 0 Å². The molecule has 0 bridgehead atoms. The van der Waals surface area contributed by atoms with Gasteiger partial charge in [-0.05, 0) is 31.4 Å². The molecule has 0 aliphatic heterocycles. The van der Waals surface area contributed by atoms with E-state index in [4.69, 9.17) is 5.73 Å². The van der Waals surface area contributed by atoms with Crippen LogP contribution < -0.4 is 10.6 Å². The Balaban J connectivity index is 2.05. The lowest BCUT2D eigenvalue weighted by molar-refractivity contribution is 0.549. The smallest absolute Gasteiger partial charge is 0.128 e. The summed E-state index contributed by atoms with van der Waals surface area (Å²) in [4.78, 5) is 6.90. The molecule has 2 rings (SSSR count). The molecule has 0 aromatic carbocycles. The SMILES string of the molecule is CC(N)c1ccc(N(C)C2CCCCCC2)nc1. The predicted octanol–water partition coefficient (Wildman–Crippen LogP) is 3.26. The zero-order valence-electron chi connectivity index (χ0n) is 11.6. The van der Waals surface area contributed by atoms with Crippen LogP contribution >= 0.6 is 0 Å². The molecular weight excluding hydrogens is 222 g/mol. The Hall–Kier alpha value is -1.09. The minimum absolute atomic E-state index is 0.0646. The molecule has 1 aliphatic carbocycles. The van der Waals surface area contributed by atoms with Crippen molar-refractivity contribution in [3.05, 3.63) is 23.9 Å². The van der Waals surface area contributed by atoms with Crippen molar-refractivity contribution in [3.8, 4) is 0 Å². The maximum Gasteiger partial charge on any atom is 0.128 e. The summed E-state index contributed by atoms with van der Waals surface area (Å²) in [6.45, 7) is 1.99. The van der Waals surface area contributed by atoms with E-state index in [-0.39, 0.29) is 6.04 Å². The highest BCUT2D eigenvalue weighted by molar-refractivity contribution is 5.40. The fourth-order valence-electron chi connectivity index (χ4n) is 2.71. The van der Waals surface area contributed by atoms with E-state index < -0.39 is 0 Å². The first kappa shape index (κ1) is 13.3. The average Bonchev–Trinajstić information content (AvgIpc) is 2.67. The Morgan fingerprint density at radius 1 is 1.22 bits per heavy atom. The first-order chi connectivity index (χ1) is 8.68. The topological polar surface area (TPSA) is 42.1 Å². The molecule has 3 nitrogen and oxygen atoms in total. The van der Waals surface area contributed by atoms with Gasteiger partial charge in [-0.15, -0.1) is 0 Å². The van der Waals surface area contributed by atoms with Crippen molar-refractivity contribution in [2.75, 3.05) is 11.9 Å². The molecule has 1 aromatic rings. The van der Waals surface area contributed by atoms with Gasteiger partial charge in [0.1, 0.15) is 5.82 Å². The Morgan fingerprint density at radius 3 is 2.39 bits per heavy atom. The van der Waals surface area contributed by atoms with Crippen molar-refractivity contribution in [1.82, 2.24) is 4.98 Å². The van der Waals surface area contributed by atoms with Crippen molar-refractivity contribution in [2.24, 2.45) is 5.73 Å². The zero-order valence-corrected chi connectivity index (χ0v) is 11.6. The summed E-state index contributed by atoms with van der Waals surface area (Å²) >= 11 is 0. The van der Waals surface area contributed by atoms with Gasteiger partial charge in [0, 0.05) is 25.3 Å². The van der Waals surface area contributed by atoms with Gasteiger partial charge in [0.05, 0.1) is 0 Å². The molecule has 2 N–H and O–H groups in total. The van der Waals surface area contributed by atoms with Crippen LogP contribution in [0.4, 0.5) is 5.82 Å². The predicted molar refractivity (Wildman–Crippen MR) is 76.7 cm³/mol. The van der Waals surface area contributed by atoms with E-state index in [0.29, 0.717) is 6.04 Å². The second-order valence-electron chi connectivity index (χ2n) is 5.49. The Morgan fingerprint density at radius 2 is 1.89 bits per heavy atom. The average molecular weight is 247 g/mol. The monoisotopic (exact) mass is 247 g/mol. The van der Waals surface area contributed by atoms with Crippen molar-refractivity contribution in [3.63, 3.8) is 0 Å². The molecule has 1 fully saturated rings. The molecular formula is C15H25N3. The summed E-state index contributed by atoms with van der Waals surface area (Å²) in [5.74, 6) is 1.08. The number of anilines is 1. The Labute approximate surface area is 110 Å². The summed E-state index contributed by atoms with van der Waals surface area (Å²) in [7, 11) is 2.17. The maximum absolute atomic E-state index is 5.85. The van der Waals surface area contributed by atoms with Gasteiger partial charge in [0.25, 0.3) is 0 Å². The van der Waals surface area contributed by atoms with Crippen molar-refractivity contribution < 1.29 is 0 Å². The number of aromatic nitrogens is 1. The summed E-state index contributed by atoms with van der Waals surface area (Å²) in [6.07, 6.45) is 10.00. The minimum Gasteiger partial charge on any atom is -0.357 e. The van der Waals surface area contributed by atoms with E-state index in [9.17, 15) is 0 Å². The maximum atomic E-state index is 5.85. The molecule has 0 saturated heterocycles.